The highest BCUT2D eigenvalue weighted by molar-refractivity contribution is 7.91. The van der Waals surface area contributed by atoms with Crippen LogP contribution < -0.4 is 5.32 Å². The SMILES string of the molecule is CN(Cc1ccccc1)S(=O)(=O)c1ccc(Cl)c(C(=O)OCC(=O)N[C@H]2CCS(=O)(=O)C2)c1. The van der Waals surface area contributed by atoms with Crippen molar-refractivity contribution < 1.29 is 31.2 Å². The Morgan fingerprint density at radius 2 is 1.88 bits per heavy atom. The van der Waals surface area contributed by atoms with E-state index in [4.69, 9.17) is 16.3 Å². The number of sulfonamides is 1. The van der Waals surface area contributed by atoms with Crippen LogP contribution in [0.15, 0.2) is 53.4 Å². The molecule has 33 heavy (non-hydrogen) atoms. The quantitative estimate of drug-likeness (QED) is 0.530. The predicted molar refractivity (Wildman–Crippen MR) is 122 cm³/mol. The second-order valence-corrected chi connectivity index (χ2v) is 12.3. The molecule has 1 N–H and O–H groups in total. The topological polar surface area (TPSA) is 127 Å². The number of benzene rings is 2. The molecule has 1 atom stereocenters. The highest BCUT2D eigenvalue weighted by Crippen LogP contribution is 2.24. The molecule has 1 fully saturated rings. The lowest BCUT2D eigenvalue weighted by atomic mass is 10.2. The average Bonchev–Trinajstić information content (AvgIpc) is 3.10. The van der Waals surface area contributed by atoms with Gasteiger partial charge in [-0.1, -0.05) is 41.9 Å². The zero-order valence-corrected chi connectivity index (χ0v) is 20.1. The number of rotatable bonds is 8. The zero-order valence-electron chi connectivity index (χ0n) is 17.7. The van der Waals surface area contributed by atoms with Crippen molar-refractivity contribution in [1.29, 1.82) is 0 Å². The lowest BCUT2D eigenvalue weighted by Crippen LogP contribution is -2.38. The Hall–Kier alpha value is -2.47. The second kappa shape index (κ2) is 10.2. The number of carbonyl (C=O) groups excluding carboxylic acids is 2. The van der Waals surface area contributed by atoms with Crippen LogP contribution in [-0.2, 0) is 35.9 Å². The summed E-state index contributed by atoms with van der Waals surface area (Å²) in [5.74, 6) is -1.80. The predicted octanol–water partition coefficient (Wildman–Crippen LogP) is 1.62. The first-order valence-corrected chi connectivity index (χ1v) is 13.6. The number of nitrogens with zero attached hydrogens (tertiary/aromatic N) is 1. The molecule has 9 nitrogen and oxygen atoms in total. The first-order valence-electron chi connectivity index (χ1n) is 9.95. The van der Waals surface area contributed by atoms with Gasteiger partial charge < -0.3 is 10.1 Å². The molecule has 1 amide bonds. The maximum atomic E-state index is 13.0. The number of nitrogens with one attached hydrogen (secondary N) is 1. The van der Waals surface area contributed by atoms with Crippen LogP contribution in [0.4, 0.5) is 0 Å². The lowest BCUT2D eigenvalue weighted by molar-refractivity contribution is -0.124. The third kappa shape index (κ3) is 6.53. The van der Waals surface area contributed by atoms with Crippen LogP contribution in [0.3, 0.4) is 0 Å². The number of amides is 1. The summed E-state index contributed by atoms with van der Waals surface area (Å²) in [6.45, 7) is -0.529. The minimum atomic E-state index is -3.94. The summed E-state index contributed by atoms with van der Waals surface area (Å²) in [5, 5.41) is 2.46. The number of carbonyl (C=O) groups is 2. The van der Waals surface area contributed by atoms with E-state index in [1.54, 1.807) is 24.3 Å². The van der Waals surface area contributed by atoms with Gasteiger partial charge in [0.25, 0.3) is 5.91 Å². The van der Waals surface area contributed by atoms with Crippen LogP contribution in [0.25, 0.3) is 0 Å². The Morgan fingerprint density at radius 1 is 1.18 bits per heavy atom. The Kier molecular flexibility index (Phi) is 7.78. The van der Waals surface area contributed by atoms with E-state index in [0.717, 1.165) is 15.9 Å². The van der Waals surface area contributed by atoms with E-state index in [1.807, 2.05) is 6.07 Å². The molecule has 1 aliphatic heterocycles. The number of ether oxygens (including phenoxy) is 1. The van der Waals surface area contributed by atoms with Gasteiger partial charge >= 0.3 is 5.97 Å². The molecule has 0 bridgehead atoms. The highest BCUT2D eigenvalue weighted by atomic mass is 35.5. The van der Waals surface area contributed by atoms with Crippen LogP contribution in [0.5, 0.6) is 0 Å². The number of esters is 1. The van der Waals surface area contributed by atoms with E-state index in [2.05, 4.69) is 5.32 Å². The van der Waals surface area contributed by atoms with Gasteiger partial charge in [0.1, 0.15) is 0 Å². The Labute approximate surface area is 197 Å². The molecule has 0 spiro atoms. The van der Waals surface area contributed by atoms with Gasteiger partial charge in [-0.3, -0.25) is 4.79 Å². The summed E-state index contributed by atoms with van der Waals surface area (Å²) in [7, 11) is -5.69. The van der Waals surface area contributed by atoms with E-state index < -0.39 is 44.4 Å². The minimum Gasteiger partial charge on any atom is -0.452 e. The highest BCUT2D eigenvalue weighted by Gasteiger charge is 2.29. The van der Waals surface area contributed by atoms with E-state index in [1.165, 1.54) is 19.2 Å². The molecule has 0 radical (unpaired) electrons. The summed E-state index contributed by atoms with van der Waals surface area (Å²) in [5.41, 5.74) is 0.584. The van der Waals surface area contributed by atoms with Crippen molar-refractivity contribution in [3.8, 4) is 0 Å². The summed E-state index contributed by atoms with van der Waals surface area (Å²) in [4.78, 5) is 24.3. The monoisotopic (exact) mass is 514 g/mol. The van der Waals surface area contributed by atoms with Gasteiger partial charge in [0, 0.05) is 19.6 Å². The van der Waals surface area contributed by atoms with Crippen molar-refractivity contribution >= 4 is 43.3 Å². The smallest absolute Gasteiger partial charge is 0.340 e. The lowest BCUT2D eigenvalue weighted by Gasteiger charge is -2.18. The van der Waals surface area contributed by atoms with E-state index in [0.29, 0.717) is 6.42 Å². The van der Waals surface area contributed by atoms with Crippen molar-refractivity contribution in [2.75, 3.05) is 25.2 Å². The first-order chi connectivity index (χ1) is 15.5. The van der Waals surface area contributed by atoms with E-state index >= 15 is 0 Å². The maximum Gasteiger partial charge on any atom is 0.340 e. The maximum absolute atomic E-state index is 13.0. The molecule has 2 aromatic rings. The van der Waals surface area contributed by atoms with Gasteiger partial charge in [0.05, 0.1) is 27.0 Å². The van der Waals surface area contributed by atoms with Crippen LogP contribution in [0, 0.1) is 0 Å². The largest absolute Gasteiger partial charge is 0.452 e. The molecular formula is C21H23ClN2O7S2. The second-order valence-electron chi connectivity index (χ2n) is 7.63. The number of hydrogen-bond donors (Lipinski definition) is 1. The standard InChI is InChI=1S/C21H23ClN2O7S2/c1-24(12-15-5-3-2-4-6-15)33(29,30)17-7-8-19(22)18(11-17)21(26)31-13-20(25)23-16-9-10-32(27,28)14-16/h2-8,11,16H,9-10,12-14H2,1H3,(H,23,25)/t16-/m0/s1. The molecule has 0 aliphatic carbocycles. The van der Waals surface area contributed by atoms with Crippen molar-refractivity contribution in [3.05, 3.63) is 64.7 Å². The average molecular weight is 515 g/mol. The Morgan fingerprint density at radius 3 is 2.52 bits per heavy atom. The number of halogens is 1. The molecule has 12 heteroatoms. The summed E-state index contributed by atoms with van der Waals surface area (Å²) >= 11 is 6.06. The third-order valence-corrected chi connectivity index (χ3v) is 8.94. The van der Waals surface area contributed by atoms with Crippen molar-refractivity contribution in [2.24, 2.45) is 0 Å². The number of hydrogen-bond acceptors (Lipinski definition) is 7. The minimum absolute atomic E-state index is 0.00662. The van der Waals surface area contributed by atoms with Gasteiger partial charge in [0.15, 0.2) is 16.4 Å². The third-order valence-electron chi connectivity index (χ3n) is 5.05. The van der Waals surface area contributed by atoms with E-state index in [-0.39, 0.29) is 33.5 Å². The molecule has 2 aromatic carbocycles. The van der Waals surface area contributed by atoms with Gasteiger partial charge in [0.2, 0.25) is 10.0 Å². The molecule has 0 saturated carbocycles. The first kappa shape index (κ1) is 25.2. The molecular weight excluding hydrogens is 492 g/mol. The van der Waals surface area contributed by atoms with Crippen LogP contribution in [0.2, 0.25) is 5.02 Å². The van der Waals surface area contributed by atoms with Crippen LogP contribution in [0.1, 0.15) is 22.3 Å². The number of sulfone groups is 1. The molecule has 178 valence electrons. The Balaban J connectivity index is 1.66. The molecule has 0 aromatic heterocycles. The summed E-state index contributed by atoms with van der Waals surface area (Å²) in [6.07, 6.45) is 0.296. The van der Waals surface area contributed by atoms with Gasteiger partial charge in [-0.2, -0.15) is 4.31 Å². The van der Waals surface area contributed by atoms with Crippen LogP contribution in [-0.4, -0.2) is 64.2 Å². The molecule has 1 heterocycles. The summed E-state index contributed by atoms with van der Waals surface area (Å²) in [6, 6.07) is 12.1. The van der Waals surface area contributed by atoms with E-state index in [9.17, 15) is 26.4 Å². The fourth-order valence-electron chi connectivity index (χ4n) is 3.31. The van der Waals surface area contributed by atoms with Gasteiger partial charge in [-0.15, -0.1) is 0 Å². The molecule has 1 saturated heterocycles. The fraction of sp³-hybridized carbons (Fsp3) is 0.333. The normalized spacial score (nSPS) is 17.6. The van der Waals surface area contributed by atoms with Crippen LogP contribution >= 0.6 is 11.6 Å². The Bertz CT molecular complexity index is 1250. The molecule has 0 unspecified atom stereocenters. The van der Waals surface area contributed by atoms with Gasteiger partial charge in [-0.05, 0) is 30.2 Å². The zero-order chi connectivity index (χ0) is 24.2. The summed E-state index contributed by atoms with van der Waals surface area (Å²) < 4.78 is 55.0. The van der Waals surface area contributed by atoms with Crippen molar-refractivity contribution in [1.82, 2.24) is 9.62 Å². The van der Waals surface area contributed by atoms with Crippen molar-refractivity contribution in [2.45, 2.75) is 23.9 Å². The molecule has 1 aliphatic rings. The van der Waals surface area contributed by atoms with Crippen molar-refractivity contribution in [3.63, 3.8) is 0 Å². The van der Waals surface area contributed by atoms with Gasteiger partial charge in [-0.25, -0.2) is 21.6 Å². The molecule has 3 rings (SSSR count). The fourth-order valence-corrected chi connectivity index (χ4v) is 6.37.